The Bertz CT molecular complexity index is 813. The Morgan fingerprint density at radius 1 is 1.06 bits per heavy atom. The number of alkyl halides is 6. The molecule has 0 spiro atoms. The number of halogens is 6. The van der Waals surface area contributed by atoms with Gasteiger partial charge in [0.05, 0.1) is 11.7 Å². The quantitative estimate of drug-likeness (QED) is 0.298. The molecule has 2 saturated carbocycles. The zero-order chi connectivity index (χ0) is 29.6. The lowest BCUT2D eigenvalue weighted by atomic mass is 9.60. The second-order valence-electron chi connectivity index (χ2n) is 9.67. The number of rotatable bonds is 8. The molecule has 0 heterocycles. The molecule has 0 aromatic carbocycles. The monoisotopic (exact) mass is 480 g/mol. The summed E-state index contributed by atoms with van der Waals surface area (Å²) in [5.74, 6) is -1.02. The van der Waals surface area contributed by atoms with E-state index in [9.17, 15) is 41.7 Å². The smallest absolute Gasteiger partial charge is 0.393 e. The van der Waals surface area contributed by atoms with Crippen LogP contribution in [-0.4, -0.2) is 45.0 Å². The van der Waals surface area contributed by atoms with E-state index in [1.807, 2.05) is 6.92 Å². The topological polar surface area (TPSA) is 60.7 Å². The molecule has 0 aromatic rings. The summed E-state index contributed by atoms with van der Waals surface area (Å²) in [5, 5.41) is 30.5. The average molecular weight is 481 g/mol. The first-order valence-corrected chi connectivity index (χ1v) is 10.9. The largest absolute Gasteiger partial charge is 0.429 e. The third kappa shape index (κ3) is 5.81. The van der Waals surface area contributed by atoms with Gasteiger partial charge in [0.1, 0.15) is 0 Å². The van der Waals surface area contributed by atoms with E-state index in [1.54, 1.807) is 0 Å². The van der Waals surface area contributed by atoms with Gasteiger partial charge in [0, 0.05) is 8.22 Å². The van der Waals surface area contributed by atoms with Gasteiger partial charge in [0.25, 0.3) is 5.60 Å². The van der Waals surface area contributed by atoms with Gasteiger partial charge < -0.3 is 15.3 Å². The Morgan fingerprint density at radius 3 is 2.25 bits per heavy atom. The van der Waals surface area contributed by atoms with Crippen LogP contribution in [-0.2, 0) is 0 Å². The number of aliphatic hydroxyl groups excluding tert-OH is 1. The number of aliphatic hydroxyl groups is 3. The summed E-state index contributed by atoms with van der Waals surface area (Å²) in [4.78, 5) is 0. The molecule has 9 heteroatoms. The zero-order valence-electron chi connectivity index (χ0n) is 23.9. The van der Waals surface area contributed by atoms with Crippen LogP contribution in [0.2, 0.25) is 0 Å². The summed E-state index contributed by atoms with van der Waals surface area (Å²) >= 11 is 0. The maximum Gasteiger partial charge on any atom is 0.429 e. The minimum absolute atomic E-state index is 0.0122. The Hall–Kier alpha value is -0.800. The molecule has 188 valence electrons. The van der Waals surface area contributed by atoms with Crippen LogP contribution >= 0.6 is 0 Å². The molecular formula is C23H36F6O3. The maximum atomic E-state index is 13.1. The van der Waals surface area contributed by atoms with Gasteiger partial charge in [-0.2, -0.15) is 26.3 Å². The summed E-state index contributed by atoms with van der Waals surface area (Å²) in [6.07, 6.45) is -10.5. The molecule has 2 fully saturated rings. The fourth-order valence-corrected chi connectivity index (χ4v) is 5.83. The zero-order valence-corrected chi connectivity index (χ0v) is 17.9. The van der Waals surface area contributed by atoms with E-state index in [4.69, 9.17) is 8.22 Å². The normalized spacial score (nSPS) is 34.8. The van der Waals surface area contributed by atoms with Crippen molar-refractivity contribution in [2.45, 2.75) is 108 Å². The van der Waals surface area contributed by atoms with Crippen LogP contribution in [0.15, 0.2) is 12.2 Å². The van der Waals surface area contributed by atoms with Crippen LogP contribution in [0.25, 0.3) is 0 Å². The molecule has 0 unspecified atom stereocenters. The van der Waals surface area contributed by atoms with E-state index in [0.717, 1.165) is 0 Å². The molecule has 0 radical (unpaired) electrons. The molecule has 0 aromatic heterocycles. The van der Waals surface area contributed by atoms with Crippen molar-refractivity contribution in [2.75, 3.05) is 0 Å². The van der Waals surface area contributed by atoms with Crippen molar-refractivity contribution >= 4 is 0 Å². The lowest BCUT2D eigenvalue weighted by Gasteiger charge is -2.46. The number of hydrogen-bond donors (Lipinski definition) is 3. The van der Waals surface area contributed by atoms with Crippen LogP contribution in [0.4, 0.5) is 26.3 Å². The van der Waals surface area contributed by atoms with Crippen LogP contribution in [0.1, 0.15) is 86.6 Å². The van der Waals surface area contributed by atoms with Gasteiger partial charge in [0.15, 0.2) is 0 Å². The predicted octanol–water partition coefficient (Wildman–Crippen LogP) is 5.92. The van der Waals surface area contributed by atoms with Crippen molar-refractivity contribution in [1.82, 2.24) is 0 Å². The van der Waals surface area contributed by atoms with Crippen LogP contribution in [0.5, 0.6) is 0 Å². The first kappa shape index (κ1) is 19.5. The van der Waals surface area contributed by atoms with Gasteiger partial charge in [0.2, 0.25) is 0 Å². The highest BCUT2D eigenvalue weighted by atomic mass is 19.4. The Morgan fingerprint density at radius 2 is 1.69 bits per heavy atom. The lowest BCUT2D eigenvalue weighted by molar-refractivity contribution is -0.347. The van der Waals surface area contributed by atoms with Crippen molar-refractivity contribution in [3.05, 3.63) is 12.2 Å². The van der Waals surface area contributed by atoms with Gasteiger partial charge in [-0.05, 0) is 87.9 Å². The number of hydrogen-bond acceptors (Lipinski definition) is 3. The second kappa shape index (κ2) is 9.45. The molecule has 0 aliphatic heterocycles. The Labute approximate surface area is 194 Å². The molecule has 0 bridgehead atoms. The van der Waals surface area contributed by atoms with Crippen molar-refractivity contribution in [2.24, 2.45) is 23.2 Å². The van der Waals surface area contributed by atoms with Gasteiger partial charge in [-0.15, -0.1) is 0 Å². The van der Waals surface area contributed by atoms with Crippen LogP contribution < -0.4 is 0 Å². The van der Waals surface area contributed by atoms with Crippen LogP contribution in [0.3, 0.4) is 0 Å². The van der Waals surface area contributed by atoms with Crippen molar-refractivity contribution in [3.63, 3.8) is 0 Å². The fraction of sp³-hybridized carbons (Fsp3) is 0.913. The molecular weight excluding hydrogens is 438 g/mol. The minimum Gasteiger partial charge on any atom is -0.393 e. The molecule has 3 N–H and O–H groups in total. The van der Waals surface area contributed by atoms with E-state index >= 15 is 0 Å². The Balaban J connectivity index is 2.35. The highest BCUT2D eigenvalue weighted by Crippen LogP contribution is 2.59. The first-order chi connectivity index (χ1) is 16.9. The summed E-state index contributed by atoms with van der Waals surface area (Å²) in [7, 11) is 0. The van der Waals surface area contributed by atoms with Crippen molar-refractivity contribution < 1.29 is 49.9 Å². The van der Waals surface area contributed by atoms with Gasteiger partial charge in [-0.1, -0.05) is 25.8 Å². The van der Waals surface area contributed by atoms with Gasteiger partial charge in [-0.3, -0.25) is 0 Å². The fourth-order valence-electron chi connectivity index (χ4n) is 5.83. The highest BCUT2D eigenvalue weighted by Gasteiger charge is 2.69. The standard InChI is InChI=1S/C23H36F6O3/c1-19(2,31)12-4-7-15(8-5-14-21(32,22(24,25)26)23(27,28)29)16-10-11-17-18(30)9-6-13-20(16,17)3/h5,14-18,30-32H,4,6-13H2,1-3H3/b14-5-/t15-,16+,17-,18-,20+/m0/s1/i1D3,2D3. The number of allylic oxidation sites excluding steroid dienone is 1. The molecule has 0 amide bonds. The molecule has 5 atom stereocenters. The first-order valence-electron chi connectivity index (χ1n) is 13.9. The van der Waals surface area contributed by atoms with E-state index in [0.29, 0.717) is 38.2 Å². The van der Waals surface area contributed by atoms with Crippen molar-refractivity contribution in [3.8, 4) is 0 Å². The highest BCUT2D eigenvalue weighted by molar-refractivity contribution is 5.11. The lowest BCUT2D eigenvalue weighted by Crippen LogP contribution is -2.55. The summed E-state index contributed by atoms with van der Waals surface area (Å²) in [6.45, 7) is -4.61. The summed E-state index contributed by atoms with van der Waals surface area (Å²) in [5.41, 5.74) is -8.59. The van der Waals surface area contributed by atoms with Crippen molar-refractivity contribution in [1.29, 1.82) is 0 Å². The predicted molar refractivity (Wildman–Crippen MR) is 109 cm³/mol. The molecule has 2 aliphatic carbocycles. The van der Waals surface area contributed by atoms with Gasteiger partial charge >= 0.3 is 12.4 Å². The second-order valence-corrected chi connectivity index (χ2v) is 9.67. The SMILES string of the molecule is [2H]C([2H])([2H])C(O)(CCC[C@@H](C/C=C\C(O)(C(F)(F)F)C(F)(F)F)[C@H]1CC[C@H]2[C@@H](O)CCC[C@]12C)C([2H])([2H])[2H]. The minimum atomic E-state index is -6.02. The summed E-state index contributed by atoms with van der Waals surface area (Å²) in [6, 6.07) is 0. The van der Waals surface area contributed by atoms with E-state index < -0.39 is 61.1 Å². The van der Waals surface area contributed by atoms with E-state index in [1.165, 1.54) is 0 Å². The van der Waals surface area contributed by atoms with E-state index in [-0.39, 0.29) is 37.2 Å². The molecule has 32 heavy (non-hydrogen) atoms. The van der Waals surface area contributed by atoms with Gasteiger partial charge in [-0.25, -0.2) is 0 Å². The molecule has 0 saturated heterocycles. The third-order valence-corrected chi connectivity index (χ3v) is 7.51. The van der Waals surface area contributed by atoms with Crippen LogP contribution in [0, 0.1) is 23.2 Å². The molecule has 3 nitrogen and oxygen atoms in total. The Kier molecular flexibility index (Phi) is 5.76. The summed E-state index contributed by atoms with van der Waals surface area (Å²) < 4.78 is 124. The van der Waals surface area contributed by atoms with E-state index in [2.05, 4.69) is 0 Å². The number of fused-ring (bicyclic) bond motifs is 1. The average Bonchev–Trinajstić information content (AvgIpc) is 3.07. The third-order valence-electron chi connectivity index (χ3n) is 7.51. The maximum absolute atomic E-state index is 13.1. The molecule has 2 rings (SSSR count). The molecule has 2 aliphatic rings.